The average Bonchev–Trinajstić information content (AvgIpc) is 3.21. The molecule has 0 spiro atoms. The molecule has 0 aliphatic heterocycles. The van der Waals surface area contributed by atoms with E-state index in [-0.39, 0.29) is 22.9 Å². The third-order valence-corrected chi connectivity index (χ3v) is 6.01. The molecule has 1 aromatic carbocycles. The number of aliphatic carboxylic acids is 1. The minimum Gasteiger partial charge on any atom is -0.481 e. The number of benzene rings is 1. The number of carbonyl (C=O) groups is 2. The Morgan fingerprint density at radius 1 is 1.04 bits per heavy atom. The predicted octanol–water partition coefficient (Wildman–Crippen LogP) is 1.11. The van der Waals surface area contributed by atoms with E-state index in [1.54, 1.807) is 0 Å². The van der Waals surface area contributed by atoms with Crippen LogP contribution in [-0.2, 0) is 14.8 Å². The summed E-state index contributed by atoms with van der Waals surface area (Å²) in [5, 5.41) is 11.9. The lowest BCUT2D eigenvalue weighted by atomic mass is 10.0. The lowest BCUT2D eigenvalue weighted by Crippen LogP contribution is -2.40. The molecule has 24 heavy (non-hydrogen) atoms. The minimum atomic E-state index is -3.54. The summed E-state index contributed by atoms with van der Waals surface area (Å²) in [6.07, 6.45) is 3.68. The number of rotatable bonds is 6. The second kappa shape index (κ2) is 6.52. The quantitative estimate of drug-likeness (QED) is 0.710. The van der Waals surface area contributed by atoms with Crippen LogP contribution >= 0.6 is 0 Å². The third kappa shape index (κ3) is 3.76. The van der Waals surface area contributed by atoms with Gasteiger partial charge in [-0.2, -0.15) is 0 Å². The predicted molar refractivity (Wildman–Crippen MR) is 86.0 cm³/mol. The average molecular weight is 352 g/mol. The summed E-state index contributed by atoms with van der Waals surface area (Å²) >= 11 is 0. The zero-order valence-electron chi connectivity index (χ0n) is 13.1. The highest BCUT2D eigenvalue weighted by Crippen LogP contribution is 2.26. The molecule has 8 heteroatoms. The van der Waals surface area contributed by atoms with Crippen molar-refractivity contribution in [2.75, 3.05) is 0 Å². The Kier molecular flexibility index (Phi) is 4.60. The SMILES string of the molecule is O=C(N[C@H]1CCC[C@H]1C(=O)O)c1ccc(S(=O)(=O)NC2CC2)cc1. The van der Waals surface area contributed by atoms with Gasteiger partial charge in [0, 0.05) is 17.6 Å². The topological polar surface area (TPSA) is 113 Å². The Bertz CT molecular complexity index is 740. The molecule has 0 saturated heterocycles. The van der Waals surface area contributed by atoms with E-state index in [4.69, 9.17) is 5.11 Å². The molecule has 1 amide bonds. The first-order chi connectivity index (χ1) is 11.4. The molecule has 0 bridgehead atoms. The molecule has 3 N–H and O–H groups in total. The van der Waals surface area contributed by atoms with Gasteiger partial charge < -0.3 is 10.4 Å². The Hall–Kier alpha value is -1.93. The maximum atomic E-state index is 12.2. The van der Waals surface area contributed by atoms with Gasteiger partial charge in [-0.25, -0.2) is 13.1 Å². The van der Waals surface area contributed by atoms with Crippen LogP contribution in [0.4, 0.5) is 0 Å². The largest absolute Gasteiger partial charge is 0.481 e. The van der Waals surface area contributed by atoms with Gasteiger partial charge >= 0.3 is 5.97 Å². The van der Waals surface area contributed by atoms with Crippen molar-refractivity contribution in [3.8, 4) is 0 Å². The van der Waals surface area contributed by atoms with Gasteiger partial charge in [0.2, 0.25) is 10.0 Å². The fourth-order valence-electron chi connectivity index (χ4n) is 2.95. The van der Waals surface area contributed by atoms with Gasteiger partial charge in [-0.1, -0.05) is 6.42 Å². The molecule has 2 aliphatic rings. The molecule has 7 nitrogen and oxygen atoms in total. The second-order valence-corrected chi connectivity index (χ2v) is 8.09. The van der Waals surface area contributed by atoms with Crippen molar-refractivity contribution in [3.05, 3.63) is 29.8 Å². The molecule has 1 aromatic rings. The van der Waals surface area contributed by atoms with Crippen molar-refractivity contribution in [2.45, 2.75) is 49.1 Å². The minimum absolute atomic E-state index is 0.0216. The number of nitrogens with one attached hydrogen (secondary N) is 2. The molecule has 2 aliphatic carbocycles. The van der Waals surface area contributed by atoms with Gasteiger partial charge in [-0.15, -0.1) is 0 Å². The Labute approximate surface area is 140 Å². The maximum Gasteiger partial charge on any atom is 0.308 e. The summed E-state index contributed by atoms with van der Waals surface area (Å²) in [6.45, 7) is 0. The summed E-state index contributed by atoms with van der Waals surface area (Å²) in [5.41, 5.74) is 0.316. The first-order valence-electron chi connectivity index (χ1n) is 8.03. The number of amides is 1. The molecule has 0 unspecified atom stereocenters. The van der Waals surface area contributed by atoms with Gasteiger partial charge in [0.1, 0.15) is 0 Å². The van der Waals surface area contributed by atoms with Crippen LogP contribution in [0.1, 0.15) is 42.5 Å². The van der Waals surface area contributed by atoms with E-state index in [0.717, 1.165) is 19.3 Å². The van der Waals surface area contributed by atoms with Crippen LogP contribution in [0.25, 0.3) is 0 Å². The van der Waals surface area contributed by atoms with E-state index in [2.05, 4.69) is 10.0 Å². The second-order valence-electron chi connectivity index (χ2n) is 6.38. The summed E-state index contributed by atoms with van der Waals surface area (Å²) in [4.78, 5) is 23.5. The summed E-state index contributed by atoms with van der Waals surface area (Å²) in [7, 11) is -3.54. The van der Waals surface area contributed by atoms with Crippen LogP contribution in [0, 0.1) is 5.92 Å². The number of carboxylic acid groups (broad SMARTS) is 1. The zero-order chi connectivity index (χ0) is 17.3. The van der Waals surface area contributed by atoms with Gasteiger partial charge in [0.05, 0.1) is 10.8 Å². The smallest absolute Gasteiger partial charge is 0.308 e. The monoisotopic (exact) mass is 352 g/mol. The molecular weight excluding hydrogens is 332 g/mol. The molecule has 0 aromatic heterocycles. The van der Waals surface area contributed by atoms with E-state index in [0.29, 0.717) is 18.4 Å². The Morgan fingerprint density at radius 2 is 1.71 bits per heavy atom. The maximum absolute atomic E-state index is 12.2. The first-order valence-corrected chi connectivity index (χ1v) is 9.51. The molecule has 0 radical (unpaired) electrons. The van der Waals surface area contributed by atoms with Crippen LogP contribution < -0.4 is 10.0 Å². The third-order valence-electron chi connectivity index (χ3n) is 4.48. The normalized spacial score (nSPS) is 23.8. The van der Waals surface area contributed by atoms with Gasteiger partial charge in [0.15, 0.2) is 0 Å². The van der Waals surface area contributed by atoms with Gasteiger partial charge in [-0.3, -0.25) is 9.59 Å². The van der Waals surface area contributed by atoms with E-state index >= 15 is 0 Å². The Morgan fingerprint density at radius 3 is 2.29 bits per heavy atom. The highest BCUT2D eigenvalue weighted by Gasteiger charge is 2.34. The van der Waals surface area contributed by atoms with E-state index in [1.165, 1.54) is 24.3 Å². The zero-order valence-corrected chi connectivity index (χ0v) is 13.9. The fourth-order valence-corrected chi connectivity index (χ4v) is 4.26. The van der Waals surface area contributed by atoms with Crippen LogP contribution in [-0.4, -0.2) is 37.5 Å². The van der Waals surface area contributed by atoms with E-state index in [1.807, 2.05) is 0 Å². The molecule has 2 fully saturated rings. The molecule has 2 atom stereocenters. The lowest BCUT2D eigenvalue weighted by molar-refractivity contribution is -0.142. The number of carbonyl (C=O) groups excluding carboxylic acids is 1. The first kappa shape index (κ1) is 16.9. The summed E-state index contributed by atoms with van der Waals surface area (Å²) in [6, 6.07) is 5.32. The number of sulfonamides is 1. The van der Waals surface area contributed by atoms with E-state index < -0.39 is 21.9 Å². The summed E-state index contributed by atoms with van der Waals surface area (Å²) in [5.74, 6) is -1.84. The lowest BCUT2D eigenvalue weighted by Gasteiger charge is -2.17. The molecule has 2 saturated carbocycles. The van der Waals surface area contributed by atoms with Crippen molar-refractivity contribution in [1.82, 2.24) is 10.0 Å². The fraction of sp³-hybridized carbons (Fsp3) is 0.500. The van der Waals surface area contributed by atoms with Gasteiger partial charge in [0.25, 0.3) is 5.91 Å². The van der Waals surface area contributed by atoms with Crippen molar-refractivity contribution in [2.24, 2.45) is 5.92 Å². The number of hydrogen-bond acceptors (Lipinski definition) is 4. The highest BCUT2D eigenvalue weighted by molar-refractivity contribution is 7.89. The van der Waals surface area contributed by atoms with Crippen LogP contribution in [0.15, 0.2) is 29.2 Å². The van der Waals surface area contributed by atoms with Crippen molar-refractivity contribution >= 4 is 21.9 Å². The van der Waals surface area contributed by atoms with E-state index in [9.17, 15) is 18.0 Å². The molecular formula is C16H20N2O5S. The molecule has 130 valence electrons. The number of carboxylic acids is 1. The van der Waals surface area contributed by atoms with Gasteiger partial charge in [-0.05, 0) is 49.9 Å². The van der Waals surface area contributed by atoms with Crippen molar-refractivity contribution in [1.29, 1.82) is 0 Å². The van der Waals surface area contributed by atoms with Crippen LogP contribution in [0.3, 0.4) is 0 Å². The van der Waals surface area contributed by atoms with Crippen LogP contribution in [0.2, 0.25) is 0 Å². The summed E-state index contributed by atoms with van der Waals surface area (Å²) < 4.78 is 26.7. The van der Waals surface area contributed by atoms with Crippen molar-refractivity contribution < 1.29 is 23.1 Å². The van der Waals surface area contributed by atoms with Crippen molar-refractivity contribution in [3.63, 3.8) is 0 Å². The Balaban J connectivity index is 1.66. The number of hydrogen-bond donors (Lipinski definition) is 3. The molecule has 3 rings (SSSR count). The highest BCUT2D eigenvalue weighted by atomic mass is 32.2. The molecule has 0 heterocycles. The standard InChI is InChI=1S/C16H20N2O5S/c19-15(17-14-3-1-2-13(14)16(20)21)10-4-8-12(9-5-10)24(22,23)18-11-6-7-11/h4-5,8-9,11,13-14,18H,1-3,6-7H2,(H,17,19)(H,20,21)/t13-,14+/m1/s1. The van der Waals surface area contributed by atoms with Crippen LogP contribution in [0.5, 0.6) is 0 Å².